The van der Waals surface area contributed by atoms with Crippen LogP contribution in [0.3, 0.4) is 0 Å². The third kappa shape index (κ3) is 1.99. The highest BCUT2D eigenvalue weighted by Gasteiger charge is 2.15. The van der Waals surface area contributed by atoms with Crippen LogP contribution in [0, 0.1) is 0 Å². The Bertz CT molecular complexity index is 456. The van der Waals surface area contributed by atoms with Crippen LogP contribution < -0.4 is 5.73 Å². The van der Waals surface area contributed by atoms with Gasteiger partial charge in [0.2, 0.25) is 0 Å². The van der Waals surface area contributed by atoms with E-state index in [4.69, 9.17) is 5.73 Å². The minimum absolute atomic E-state index is 0.199. The second-order valence-corrected chi connectivity index (χ2v) is 3.87. The Kier molecular flexibility index (Phi) is 3.05. The van der Waals surface area contributed by atoms with Gasteiger partial charge in [0.05, 0.1) is 17.4 Å². The molecule has 2 heterocycles. The summed E-state index contributed by atoms with van der Waals surface area (Å²) in [6, 6.07) is 3.69. The number of aromatic nitrogens is 4. The first kappa shape index (κ1) is 10.9. The predicted octanol–water partition coefficient (Wildman–Crippen LogP) is 1.07. The van der Waals surface area contributed by atoms with Crippen LogP contribution in [0.4, 0.5) is 0 Å². The Morgan fingerprint density at radius 2 is 2.25 bits per heavy atom. The molecule has 0 aromatic carbocycles. The molecule has 0 aliphatic carbocycles. The van der Waals surface area contributed by atoms with Gasteiger partial charge in [-0.05, 0) is 18.6 Å². The molecule has 0 spiro atoms. The fraction of sp³-hybridized carbons (Fsp3) is 0.455. The molecule has 0 bridgehead atoms. The molecule has 0 saturated carbocycles. The molecule has 0 aliphatic rings. The fourth-order valence-corrected chi connectivity index (χ4v) is 1.76. The van der Waals surface area contributed by atoms with E-state index in [-0.39, 0.29) is 6.04 Å². The van der Waals surface area contributed by atoms with Crippen molar-refractivity contribution in [3.63, 3.8) is 0 Å². The Morgan fingerprint density at radius 3 is 2.88 bits per heavy atom. The van der Waals surface area contributed by atoms with Crippen LogP contribution >= 0.6 is 0 Å². The van der Waals surface area contributed by atoms with Crippen LogP contribution in [-0.4, -0.2) is 19.6 Å². The summed E-state index contributed by atoms with van der Waals surface area (Å²) < 4.78 is 3.70. The zero-order valence-electron chi connectivity index (χ0n) is 9.67. The maximum atomic E-state index is 6.17. The van der Waals surface area contributed by atoms with Crippen LogP contribution in [0.5, 0.6) is 0 Å². The van der Waals surface area contributed by atoms with E-state index in [2.05, 4.69) is 17.1 Å². The largest absolute Gasteiger partial charge is 0.318 e. The van der Waals surface area contributed by atoms with Gasteiger partial charge in [-0.3, -0.25) is 9.36 Å². The first-order valence-electron chi connectivity index (χ1n) is 5.49. The Hall–Kier alpha value is -1.62. The van der Waals surface area contributed by atoms with Crippen molar-refractivity contribution in [3.05, 3.63) is 35.9 Å². The molecule has 5 heteroatoms. The summed E-state index contributed by atoms with van der Waals surface area (Å²) in [5.41, 5.74) is 8.06. The van der Waals surface area contributed by atoms with E-state index in [0.717, 1.165) is 24.4 Å². The van der Waals surface area contributed by atoms with Gasteiger partial charge in [-0.1, -0.05) is 6.92 Å². The number of nitrogens with two attached hydrogens (primary N) is 1. The molecule has 16 heavy (non-hydrogen) atoms. The van der Waals surface area contributed by atoms with Gasteiger partial charge in [-0.25, -0.2) is 0 Å². The van der Waals surface area contributed by atoms with Gasteiger partial charge < -0.3 is 5.73 Å². The zero-order valence-corrected chi connectivity index (χ0v) is 9.67. The molecule has 2 aromatic rings. The Balaban J connectivity index is 2.26. The Morgan fingerprint density at radius 1 is 1.44 bits per heavy atom. The van der Waals surface area contributed by atoms with Crippen molar-refractivity contribution < 1.29 is 0 Å². The quantitative estimate of drug-likeness (QED) is 0.836. The number of rotatable bonds is 4. The highest BCUT2D eigenvalue weighted by atomic mass is 15.3. The smallest absolute Gasteiger partial charge is 0.0915 e. The van der Waals surface area contributed by atoms with E-state index < -0.39 is 0 Å². The first-order chi connectivity index (χ1) is 7.72. The van der Waals surface area contributed by atoms with Crippen molar-refractivity contribution in [1.82, 2.24) is 19.6 Å². The monoisotopic (exact) mass is 219 g/mol. The lowest BCUT2D eigenvalue weighted by Crippen LogP contribution is -2.18. The molecule has 5 nitrogen and oxygen atoms in total. The zero-order chi connectivity index (χ0) is 11.5. The van der Waals surface area contributed by atoms with Crippen molar-refractivity contribution in [3.8, 4) is 0 Å². The minimum Gasteiger partial charge on any atom is -0.318 e. The summed E-state index contributed by atoms with van der Waals surface area (Å²) in [5, 5.41) is 8.58. The highest BCUT2D eigenvalue weighted by Crippen LogP contribution is 2.17. The lowest BCUT2D eigenvalue weighted by atomic mass is 10.1. The van der Waals surface area contributed by atoms with Gasteiger partial charge in [0.25, 0.3) is 0 Å². The minimum atomic E-state index is -0.199. The fourth-order valence-electron chi connectivity index (χ4n) is 1.76. The number of aryl methyl sites for hydroxylation is 2. The van der Waals surface area contributed by atoms with Crippen molar-refractivity contribution >= 4 is 0 Å². The summed E-state index contributed by atoms with van der Waals surface area (Å²) in [6.45, 7) is 3.01. The van der Waals surface area contributed by atoms with Crippen molar-refractivity contribution in [1.29, 1.82) is 0 Å². The molecule has 1 unspecified atom stereocenters. The molecule has 0 aliphatic heterocycles. The van der Waals surface area contributed by atoms with Gasteiger partial charge in [0.1, 0.15) is 0 Å². The molecule has 0 fully saturated rings. The number of hydrogen-bond donors (Lipinski definition) is 1. The van der Waals surface area contributed by atoms with E-state index >= 15 is 0 Å². The average molecular weight is 219 g/mol. The third-order valence-electron chi connectivity index (χ3n) is 2.56. The molecule has 2 N–H and O–H groups in total. The molecular weight excluding hydrogens is 202 g/mol. The van der Waals surface area contributed by atoms with Gasteiger partial charge in [0.15, 0.2) is 0 Å². The summed E-state index contributed by atoms with van der Waals surface area (Å²) >= 11 is 0. The van der Waals surface area contributed by atoms with Gasteiger partial charge >= 0.3 is 0 Å². The second kappa shape index (κ2) is 4.49. The molecule has 0 amide bonds. The summed E-state index contributed by atoms with van der Waals surface area (Å²) in [7, 11) is 1.89. The molecule has 0 saturated heterocycles. The lowest BCUT2D eigenvalue weighted by Gasteiger charge is -2.11. The van der Waals surface area contributed by atoms with E-state index in [1.165, 1.54) is 0 Å². The van der Waals surface area contributed by atoms with Gasteiger partial charge in [0, 0.05) is 26.0 Å². The van der Waals surface area contributed by atoms with Crippen LogP contribution in [0.15, 0.2) is 24.5 Å². The maximum absolute atomic E-state index is 6.17. The van der Waals surface area contributed by atoms with Crippen LogP contribution in [0.1, 0.15) is 30.8 Å². The second-order valence-electron chi connectivity index (χ2n) is 3.87. The Labute approximate surface area is 94.9 Å². The number of nitrogens with zero attached hydrogens (tertiary/aromatic N) is 4. The summed E-state index contributed by atoms with van der Waals surface area (Å²) in [4.78, 5) is 0. The molecule has 2 rings (SSSR count). The van der Waals surface area contributed by atoms with Gasteiger partial charge in [-0.2, -0.15) is 10.2 Å². The van der Waals surface area contributed by atoms with Crippen molar-refractivity contribution in [2.45, 2.75) is 25.9 Å². The van der Waals surface area contributed by atoms with Crippen LogP contribution in [-0.2, 0) is 13.6 Å². The van der Waals surface area contributed by atoms with Crippen molar-refractivity contribution in [2.75, 3.05) is 0 Å². The molecule has 86 valence electrons. The average Bonchev–Trinajstić information content (AvgIpc) is 2.87. The SMILES string of the molecule is CCCn1nccc1C(N)c1ccn(C)n1. The highest BCUT2D eigenvalue weighted by molar-refractivity contribution is 5.19. The van der Waals surface area contributed by atoms with Crippen LogP contribution in [0.25, 0.3) is 0 Å². The molecule has 1 atom stereocenters. The topological polar surface area (TPSA) is 61.7 Å². The summed E-state index contributed by atoms with van der Waals surface area (Å²) in [6.07, 6.45) is 4.73. The lowest BCUT2D eigenvalue weighted by molar-refractivity contribution is 0.554. The normalized spacial score (nSPS) is 12.9. The van der Waals surface area contributed by atoms with Gasteiger partial charge in [-0.15, -0.1) is 0 Å². The van der Waals surface area contributed by atoms with E-state index in [1.54, 1.807) is 10.9 Å². The molecule has 2 aromatic heterocycles. The van der Waals surface area contributed by atoms with Crippen molar-refractivity contribution in [2.24, 2.45) is 12.8 Å². The molecular formula is C11H17N5. The number of hydrogen-bond acceptors (Lipinski definition) is 3. The molecule has 0 radical (unpaired) electrons. The predicted molar refractivity (Wildman–Crippen MR) is 61.8 cm³/mol. The van der Waals surface area contributed by atoms with Crippen LogP contribution in [0.2, 0.25) is 0 Å². The van der Waals surface area contributed by atoms with E-state index in [9.17, 15) is 0 Å². The third-order valence-corrected chi connectivity index (χ3v) is 2.56. The van der Waals surface area contributed by atoms with E-state index in [0.29, 0.717) is 0 Å². The van der Waals surface area contributed by atoms with E-state index in [1.807, 2.05) is 30.1 Å². The standard InChI is InChI=1S/C11H17N5/c1-3-7-16-10(4-6-13-16)11(12)9-5-8-15(2)14-9/h4-6,8,11H,3,7,12H2,1-2H3. The first-order valence-corrected chi connectivity index (χ1v) is 5.49. The summed E-state index contributed by atoms with van der Waals surface area (Å²) in [5.74, 6) is 0. The maximum Gasteiger partial charge on any atom is 0.0915 e.